The van der Waals surface area contributed by atoms with Crippen molar-refractivity contribution >= 4 is 0 Å². The van der Waals surface area contributed by atoms with Crippen molar-refractivity contribution in [3.63, 3.8) is 0 Å². The quantitative estimate of drug-likeness (QED) is 0.760. The number of hydrogen-bond acceptors (Lipinski definition) is 5. The van der Waals surface area contributed by atoms with Gasteiger partial charge in [-0.2, -0.15) is 13.2 Å². The molecule has 0 saturated carbocycles. The predicted octanol–water partition coefficient (Wildman–Crippen LogP) is 3.79. The van der Waals surface area contributed by atoms with Gasteiger partial charge in [0.15, 0.2) is 6.61 Å². The molecule has 1 aromatic heterocycles. The molecule has 2 heterocycles. The van der Waals surface area contributed by atoms with Crippen LogP contribution in [0.1, 0.15) is 5.56 Å². The summed E-state index contributed by atoms with van der Waals surface area (Å²) in [5.41, 5.74) is 2.41. The van der Waals surface area contributed by atoms with Crippen molar-refractivity contribution in [2.75, 3.05) is 33.0 Å². The molecule has 8 heteroatoms. The van der Waals surface area contributed by atoms with Crippen molar-refractivity contribution in [2.24, 2.45) is 0 Å². The van der Waals surface area contributed by atoms with E-state index in [1.807, 2.05) is 6.07 Å². The Bertz CT molecular complexity index is 761. The minimum atomic E-state index is -4.37. The second-order valence-corrected chi connectivity index (χ2v) is 6.17. The number of aromatic nitrogens is 1. The molecule has 0 amide bonds. The number of halogens is 3. The van der Waals surface area contributed by atoms with Gasteiger partial charge in [-0.3, -0.25) is 4.98 Å². The Morgan fingerprint density at radius 2 is 1.96 bits per heavy atom. The van der Waals surface area contributed by atoms with Crippen LogP contribution in [0.4, 0.5) is 13.2 Å². The molecular formula is C19H20F3NO4. The Kier molecular flexibility index (Phi) is 6.18. The van der Waals surface area contributed by atoms with E-state index in [2.05, 4.69) is 4.98 Å². The highest BCUT2D eigenvalue weighted by molar-refractivity contribution is 5.68. The fourth-order valence-corrected chi connectivity index (χ4v) is 2.68. The number of nitrogens with zero attached hydrogens (tertiary/aromatic N) is 1. The van der Waals surface area contributed by atoms with Crippen LogP contribution in [0, 0.1) is 6.92 Å². The van der Waals surface area contributed by atoms with E-state index in [1.54, 1.807) is 31.5 Å². The Morgan fingerprint density at radius 1 is 1.11 bits per heavy atom. The van der Waals surface area contributed by atoms with Gasteiger partial charge in [0.25, 0.3) is 0 Å². The van der Waals surface area contributed by atoms with Gasteiger partial charge < -0.3 is 18.9 Å². The number of rotatable bonds is 6. The van der Waals surface area contributed by atoms with Gasteiger partial charge in [-0.25, -0.2) is 0 Å². The van der Waals surface area contributed by atoms with Crippen molar-refractivity contribution in [1.29, 1.82) is 0 Å². The van der Waals surface area contributed by atoms with E-state index in [0.717, 1.165) is 16.7 Å². The molecule has 0 radical (unpaired) electrons. The second-order valence-electron chi connectivity index (χ2n) is 6.17. The highest BCUT2D eigenvalue weighted by Gasteiger charge is 2.28. The van der Waals surface area contributed by atoms with Crippen molar-refractivity contribution in [3.05, 3.63) is 42.2 Å². The summed E-state index contributed by atoms with van der Waals surface area (Å²) in [6.07, 6.45) is -1.21. The van der Waals surface area contributed by atoms with Crippen molar-refractivity contribution in [2.45, 2.75) is 19.2 Å². The summed E-state index contributed by atoms with van der Waals surface area (Å²) < 4.78 is 58.2. The van der Waals surface area contributed by atoms with Crippen molar-refractivity contribution in [1.82, 2.24) is 4.98 Å². The second kappa shape index (κ2) is 8.58. The van der Waals surface area contributed by atoms with Crippen LogP contribution in [-0.4, -0.2) is 50.3 Å². The third kappa shape index (κ3) is 5.83. The average Bonchev–Trinajstić information content (AvgIpc) is 2.65. The third-order valence-electron chi connectivity index (χ3n) is 3.95. The van der Waals surface area contributed by atoms with Gasteiger partial charge in [-0.05, 0) is 36.2 Å². The van der Waals surface area contributed by atoms with Crippen LogP contribution < -0.4 is 9.47 Å². The van der Waals surface area contributed by atoms with Gasteiger partial charge in [0.2, 0.25) is 0 Å². The number of benzene rings is 1. The fraction of sp³-hybridized carbons (Fsp3) is 0.421. The Hall–Kier alpha value is -2.32. The summed E-state index contributed by atoms with van der Waals surface area (Å²) in [5, 5.41) is 0. The zero-order valence-electron chi connectivity index (χ0n) is 14.8. The van der Waals surface area contributed by atoms with Crippen molar-refractivity contribution < 1.29 is 32.1 Å². The topological polar surface area (TPSA) is 49.8 Å². The minimum absolute atomic E-state index is 0.116. The lowest BCUT2D eigenvalue weighted by atomic mass is 10.0. The van der Waals surface area contributed by atoms with Crippen LogP contribution >= 0.6 is 0 Å². The van der Waals surface area contributed by atoms with Crippen LogP contribution in [0.2, 0.25) is 0 Å². The van der Waals surface area contributed by atoms with E-state index in [-0.39, 0.29) is 11.9 Å². The fourth-order valence-electron chi connectivity index (χ4n) is 2.68. The molecule has 2 aromatic rings. The molecule has 146 valence electrons. The molecule has 0 N–H and O–H groups in total. The monoisotopic (exact) mass is 383 g/mol. The molecule has 27 heavy (non-hydrogen) atoms. The molecule has 1 unspecified atom stereocenters. The number of ether oxygens (including phenoxy) is 4. The first-order valence-corrected chi connectivity index (χ1v) is 8.48. The summed E-state index contributed by atoms with van der Waals surface area (Å²) in [6.45, 7) is 2.48. The maximum absolute atomic E-state index is 12.3. The summed E-state index contributed by atoms with van der Waals surface area (Å²) >= 11 is 0. The Labute approximate surface area is 155 Å². The molecule has 0 bridgehead atoms. The highest BCUT2D eigenvalue weighted by Crippen LogP contribution is 2.29. The van der Waals surface area contributed by atoms with Gasteiger partial charge in [-0.15, -0.1) is 0 Å². The maximum Gasteiger partial charge on any atom is 0.422 e. The van der Waals surface area contributed by atoms with Crippen LogP contribution in [0.3, 0.4) is 0 Å². The van der Waals surface area contributed by atoms with Crippen LogP contribution in [0.5, 0.6) is 11.5 Å². The molecule has 5 nitrogen and oxygen atoms in total. The third-order valence-corrected chi connectivity index (χ3v) is 3.95. The molecule has 1 atom stereocenters. The summed E-state index contributed by atoms with van der Waals surface area (Å²) in [5.74, 6) is 0.752. The Balaban J connectivity index is 1.66. The number of hydrogen-bond donors (Lipinski definition) is 0. The maximum atomic E-state index is 12.3. The van der Waals surface area contributed by atoms with Gasteiger partial charge in [0, 0.05) is 11.8 Å². The molecule has 0 aliphatic carbocycles. The summed E-state index contributed by atoms with van der Waals surface area (Å²) in [7, 11) is 0. The summed E-state index contributed by atoms with van der Waals surface area (Å²) in [6, 6.07) is 6.62. The first-order valence-electron chi connectivity index (χ1n) is 8.48. The van der Waals surface area contributed by atoms with Gasteiger partial charge in [-0.1, -0.05) is 6.07 Å². The highest BCUT2D eigenvalue weighted by atomic mass is 19.4. The molecule has 1 aliphatic heterocycles. The molecule has 3 rings (SSSR count). The molecule has 1 saturated heterocycles. The van der Waals surface area contributed by atoms with E-state index in [9.17, 15) is 13.2 Å². The number of pyridine rings is 1. The van der Waals surface area contributed by atoms with E-state index in [1.165, 1.54) is 6.07 Å². The zero-order valence-corrected chi connectivity index (χ0v) is 14.8. The van der Waals surface area contributed by atoms with Gasteiger partial charge in [0.05, 0.1) is 26.0 Å². The Morgan fingerprint density at radius 3 is 2.67 bits per heavy atom. The first-order chi connectivity index (χ1) is 12.9. The summed E-state index contributed by atoms with van der Waals surface area (Å²) in [4.78, 5) is 4.18. The lowest BCUT2D eigenvalue weighted by Crippen LogP contribution is -2.33. The largest absolute Gasteiger partial charge is 0.489 e. The normalized spacial score (nSPS) is 17.6. The minimum Gasteiger partial charge on any atom is -0.489 e. The van der Waals surface area contributed by atoms with Gasteiger partial charge >= 0.3 is 6.18 Å². The molecule has 1 aliphatic rings. The predicted molar refractivity (Wildman–Crippen MR) is 92.0 cm³/mol. The molecular weight excluding hydrogens is 363 g/mol. The van der Waals surface area contributed by atoms with E-state index >= 15 is 0 Å². The van der Waals surface area contributed by atoms with E-state index in [0.29, 0.717) is 32.2 Å². The van der Waals surface area contributed by atoms with Crippen LogP contribution in [-0.2, 0) is 9.47 Å². The number of aryl methyl sites for hydroxylation is 1. The molecule has 1 fully saturated rings. The lowest BCUT2D eigenvalue weighted by molar-refractivity contribution is -0.153. The van der Waals surface area contributed by atoms with E-state index in [4.69, 9.17) is 18.9 Å². The van der Waals surface area contributed by atoms with E-state index < -0.39 is 12.8 Å². The van der Waals surface area contributed by atoms with Crippen molar-refractivity contribution in [3.8, 4) is 22.6 Å². The average molecular weight is 383 g/mol. The zero-order chi connectivity index (χ0) is 19.3. The van der Waals surface area contributed by atoms with Gasteiger partial charge in [0.1, 0.15) is 24.2 Å². The number of alkyl halides is 3. The SMILES string of the molecule is Cc1cc(OCC(F)(F)F)ccc1-c1cncc(OCC2COCCO2)c1. The van der Waals surface area contributed by atoms with Crippen LogP contribution in [0.15, 0.2) is 36.7 Å². The molecule has 1 aromatic carbocycles. The first kappa shape index (κ1) is 19.4. The molecule has 0 spiro atoms. The van der Waals surface area contributed by atoms with Crippen LogP contribution in [0.25, 0.3) is 11.1 Å². The smallest absolute Gasteiger partial charge is 0.422 e. The standard InChI is InChI=1S/C19H20F3NO4/c1-13-6-15(27-12-19(20,21)22)2-3-18(13)14-7-16(9-23-8-14)26-11-17-10-24-4-5-25-17/h2-3,6-9,17H,4-5,10-12H2,1H3. The lowest BCUT2D eigenvalue weighted by Gasteiger charge is -2.23.